The van der Waals surface area contributed by atoms with Crippen molar-refractivity contribution in [3.05, 3.63) is 58.5 Å². The predicted molar refractivity (Wildman–Crippen MR) is 131 cm³/mol. The summed E-state index contributed by atoms with van der Waals surface area (Å²) in [4.78, 5) is 37.1. The number of thiocarbonyl (C=S) groups is 1. The van der Waals surface area contributed by atoms with Crippen molar-refractivity contribution in [1.29, 1.82) is 0 Å². The van der Waals surface area contributed by atoms with Crippen LogP contribution in [0.5, 0.6) is 11.5 Å². The molecule has 2 amide bonds. The zero-order chi connectivity index (χ0) is 26.5. The number of amides is 2. The Labute approximate surface area is 213 Å². The number of aliphatic carboxylic acids is 1. The Morgan fingerprint density at radius 1 is 1.19 bits per heavy atom. The van der Waals surface area contributed by atoms with Crippen LogP contribution in [0, 0.1) is 0 Å². The summed E-state index contributed by atoms with van der Waals surface area (Å²) in [6, 6.07) is 9.18. The second-order valence-electron chi connectivity index (χ2n) is 7.27. The minimum Gasteiger partial charge on any atom is -0.493 e. The van der Waals surface area contributed by atoms with Crippen LogP contribution in [0.2, 0.25) is 0 Å². The molecule has 190 valence electrons. The number of benzene rings is 2. The van der Waals surface area contributed by atoms with Gasteiger partial charge in [-0.05, 0) is 35.9 Å². The molecule has 13 heteroatoms. The molecule has 0 radical (unpaired) electrons. The van der Waals surface area contributed by atoms with E-state index in [1.54, 1.807) is 12.1 Å². The smallest absolute Gasteiger partial charge is 0.418 e. The summed E-state index contributed by atoms with van der Waals surface area (Å²) in [6.45, 7) is -0.618. The third-order valence-electron chi connectivity index (χ3n) is 4.77. The lowest BCUT2D eigenvalue weighted by Gasteiger charge is -2.14. The van der Waals surface area contributed by atoms with Gasteiger partial charge < -0.3 is 19.9 Å². The van der Waals surface area contributed by atoms with Gasteiger partial charge in [-0.25, -0.2) is 0 Å². The fourth-order valence-electron chi connectivity index (χ4n) is 3.11. The maximum Gasteiger partial charge on any atom is 0.418 e. The van der Waals surface area contributed by atoms with Gasteiger partial charge in [0, 0.05) is 6.54 Å². The quantitative estimate of drug-likeness (QED) is 0.356. The van der Waals surface area contributed by atoms with Crippen LogP contribution in [0.25, 0.3) is 6.08 Å². The molecule has 8 nitrogen and oxygen atoms in total. The number of anilines is 1. The zero-order valence-electron chi connectivity index (χ0n) is 18.6. The molecular weight excluding hydrogens is 521 g/mol. The fourth-order valence-corrected chi connectivity index (χ4v) is 4.42. The molecule has 0 spiro atoms. The number of nitrogens with one attached hydrogen (secondary N) is 1. The molecular formula is C23H19F3N2O6S2. The van der Waals surface area contributed by atoms with E-state index >= 15 is 0 Å². The van der Waals surface area contributed by atoms with Crippen LogP contribution in [0.4, 0.5) is 18.9 Å². The minimum atomic E-state index is -4.63. The lowest BCUT2D eigenvalue weighted by molar-refractivity contribution is -0.138. The monoisotopic (exact) mass is 540 g/mol. The van der Waals surface area contributed by atoms with Gasteiger partial charge in [0.05, 0.1) is 29.7 Å². The molecule has 1 fully saturated rings. The van der Waals surface area contributed by atoms with Crippen LogP contribution in [-0.2, 0) is 20.6 Å². The number of rotatable bonds is 9. The molecule has 36 heavy (non-hydrogen) atoms. The molecule has 0 aromatic heterocycles. The van der Waals surface area contributed by atoms with Crippen molar-refractivity contribution < 1.29 is 42.1 Å². The summed E-state index contributed by atoms with van der Waals surface area (Å²) >= 11 is 6.19. The lowest BCUT2D eigenvalue weighted by atomic mass is 10.1. The molecule has 1 aliphatic heterocycles. The first-order valence-corrected chi connectivity index (χ1v) is 11.5. The van der Waals surface area contributed by atoms with Gasteiger partial charge in [-0.2, -0.15) is 13.2 Å². The van der Waals surface area contributed by atoms with E-state index in [2.05, 4.69) is 5.32 Å². The summed E-state index contributed by atoms with van der Waals surface area (Å²) in [5, 5.41) is 11.0. The average molecular weight is 541 g/mol. The largest absolute Gasteiger partial charge is 0.493 e. The minimum absolute atomic E-state index is 0.0387. The standard InChI is InChI=1S/C23H19F3N2O6S2/c1-33-17-10-13(11-18-21(32)28(22(35)36-18)9-8-20(30)31)6-7-16(17)34-12-19(29)27-15-5-3-2-4-14(15)23(24,25)26/h2-7,10-11H,8-9,12H2,1H3,(H,27,29)(H,30,31)/b18-11-. The Hall–Kier alpha value is -3.58. The zero-order valence-corrected chi connectivity index (χ0v) is 20.3. The number of ether oxygens (including phenoxy) is 2. The number of carboxylic acids is 1. The molecule has 0 bridgehead atoms. The fraction of sp³-hybridized carbons (Fsp3) is 0.217. The topological polar surface area (TPSA) is 105 Å². The number of carbonyl (C=O) groups excluding carboxylic acids is 2. The third kappa shape index (κ3) is 6.76. The van der Waals surface area contributed by atoms with E-state index in [-0.39, 0.29) is 34.5 Å². The summed E-state index contributed by atoms with van der Waals surface area (Å²) in [5.41, 5.74) is -0.822. The van der Waals surface area contributed by atoms with Gasteiger partial charge in [-0.3, -0.25) is 19.3 Å². The van der Waals surface area contributed by atoms with Crippen molar-refractivity contribution in [3.63, 3.8) is 0 Å². The third-order valence-corrected chi connectivity index (χ3v) is 6.15. The van der Waals surface area contributed by atoms with Crippen LogP contribution >= 0.6 is 24.0 Å². The highest BCUT2D eigenvalue weighted by Gasteiger charge is 2.34. The Morgan fingerprint density at radius 2 is 1.92 bits per heavy atom. The Kier molecular flexibility index (Phi) is 8.58. The number of hydrogen-bond acceptors (Lipinski definition) is 7. The number of alkyl halides is 3. The van der Waals surface area contributed by atoms with Crippen molar-refractivity contribution >= 4 is 57.8 Å². The van der Waals surface area contributed by atoms with E-state index in [1.165, 1.54) is 36.3 Å². The Morgan fingerprint density at radius 3 is 2.58 bits per heavy atom. The lowest BCUT2D eigenvalue weighted by Crippen LogP contribution is -2.30. The first kappa shape index (κ1) is 27.0. The molecule has 3 rings (SSSR count). The molecule has 0 saturated carbocycles. The number of halogens is 3. The van der Waals surface area contributed by atoms with Crippen molar-refractivity contribution in [3.8, 4) is 11.5 Å². The number of hydrogen-bond donors (Lipinski definition) is 2. The summed E-state index contributed by atoms with van der Waals surface area (Å²) in [5.74, 6) is -1.90. The number of para-hydroxylation sites is 1. The van der Waals surface area contributed by atoms with Crippen LogP contribution in [-0.4, -0.2) is 52.4 Å². The second-order valence-corrected chi connectivity index (χ2v) is 8.94. The summed E-state index contributed by atoms with van der Waals surface area (Å²) in [7, 11) is 1.36. The van der Waals surface area contributed by atoms with Gasteiger partial charge >= 0.3 is 12.1 Å². The second kappa shape index (κ2) is 11.4. The molecule has 0 atom stereocenters. The van der Waals surface area contributed by atoms with Gasteiger partial charge in [0.15, 0.2) is 18.1 Å². The maximum absolute atomic E-state index is 13.1. The van der Waals surface area contributed by atoms with Crippen LogP contribution in [0.1, 0.15) is 17.5 Å². The Balaban J connectivity index is 1.68. The first-order chi connectivity index (χ1) is 17.0. The van der Waals surface area contributed by atoms with Gasteiger partial charge in [0.1, 0.15) is 4.32 Å². The average Bonchev–Trinajstić information content (AvgIpc) is 3.08. The van der Waals surface area contributed by atoms with Crippen LogP contribution in [0.3, 0.4) is 0 Å². The van der Waals surface area contributed by atoms with Gasteiger partial charge in [-0.1, -0.05) is 42.2 Å². The molecule has 1 heterocycles. The van der Waals surface area contributed by atoms with E-state index in [1.807, 2.05) is 0 Å². The number of nitrogens with zero attached hydrogens (tertiary/aromatic N) is 1. The number of carbonyl (C=O) groups is 3. The number of methoxy groups -OCH3 is 1. The summed E-state index contributed by atoms with van der Waals surface area (Å²) in [6.07, 6.45) is -3.32. The molecule has 0 aliphatic carbocycles. The van der Waals surface area contributed by atoms with Gasteiger partial charge in [0.25, 0.3) is 11.8 Å². The van der Waals surface area contributed by atoms with Crippen molar-refractivity contribution in [2.75, 3.05) is 25.6 Å². The van der Waals surface area contributed by atoms with Crippen LogP contribution in [0.15, 0.2) is 47.4 Å². The van der Waals surface area contributed by atoms with Crippen molar-refractivity contribution in [1.82, 2.24) is 4.90 Å². The van der Waals surface area contributed by atoms with E-state index < -0.39 is 36.1 Å². The molecule has 1 saturated heterocycles. The molecule has 1 aliphatic rings. The molecule has 2 aromatic carbocycles. The van der Waals surface area contributed by atoms with Gasteiger partial charge in [0.2, 0.25) is 0 Å². The van der Waals surface area contributed by atoms with Crippen molar-refractivity contribution in [2.24, 2.45) is 0 Å². The predicted octanol–water partition coefficient (Wildman–Crippen LogP) is 4.41. The van der Waals surface area contributed by atoms with E-state index in [0.29, 0.717) is 10.5 Å². The van der Waals surface area contributed by atoms with Crippen molar-refractivity contribution in [2.45, 2.75) is 12.6 Å². The summed E-state index contributed by atoms with van der Waals surface area (Å²) < 4.78 is 50.3. The van der Waals surface area contributed by atoms with E-state index in [9.17, 15) is 27.6 Å². The number of carboxylic acid groups (broad SMARTS) is 1. The normalized spacial score (nSPS) is 14.8. The first-order valence-electron chi connectivity index (χ1n) is 10.2. The van der Waals surface area contributed by atoms with E-state index in [0.717, 1.165) is 23.9 Å². The highest BCUT2D eigenvalue weighted by Crippen LogP contribution is 2.36. The molecule has 2 aromatic rings. The SMILES string of the molecule is COc1cc(/C=C2\SC(=S)N(CCC(=O)O)C2=O)ccc1OCC(=O)Nc1ccccc1C(F)(F)F. The molecule has 2 N–H and O–H groups in total. The highest BCUT2D eigenvalue weighted by atomic mass is 32.2. The van der Waals surface area contributed by atoms with E-state index in [4.69, 9.17) is 26.8 Å². The van der Waals surface area contributed by atoms with Crippen LogP contribution < -0.4 is 14.8 Å². The Bertz CT molecular complexity index is 1230. The number of thioether (sulfide) groups is 1. The van der Waals surface area contributed by atoms with Gasteiger partial charge in [-0.15, -0.1) is 0 Å². The maximum atomic E-state index is 13.1. The molecule has 0 unspecified atom stereocenters. The highest BCUT2D eigenvalue weighted by molar-refractivity contribution is 8.26.